The van der Waals surface area contributed by atoms with E-state index in [-0.39, 0.29) is 17.5 Å². The highest BCUT2D eigenvalue weighted by Crippen LogP contribution is 2.74. The molecule has 2 saturated carbocycles. The summed E-state index contributed by atoms with van der Waals surface area (Å²) in [4.78, 5) is 17.5. The van der Waals surface area contributed by atoms with E-state index in [0.29, 0.717) is 12.8 Å². The predicted molar refractivity (Wildman–Crippen MR) is 275 cm³/mol. The molecule has 2 bridgehead atoms. The van der Waals surface area contributed by atoms with Crippen molar-refractivity contribution in [3.8, 4) is 0 Å². The maximum Gasteiger partial charge on any atom is 0.278 e. The molecule has 0 aliphatic heterocycles. The Labute approximate surface area is 395 Å². The number of aryl methyl sites for hydroxylation is 6. The van der Waals surface area contributed by atoms with Gasteiger partial charge in [-0.25, -0.2) is 3.63 Å². The molecule has 2 aliphatic rings. The van der Waals surface area contributed by atoms with E-state index in [1.54, 1.807) is 0 Å². The van der Waals surface area contributed by atoms with Gasteiger partial charge >= 0.3 is 0 Å². The number of hydrogen-bond acceptors (Lipinski definition) is 4. The average molecular weight is 915 g/mol. The zero-order chi connectivity index (χ0) is 46.2. The summed E-state index contributed by atoms with van der Waals surface area (Å²) in [5, 5.41) is 0. The van der Waals surface area contributed by atoms with Gasteiger partial charge < -0.3 is 0 Å². The van der Waals surface area contributed by atoms with Crippen LogP contribution in [0.15, 0.2) is 69.3 Å². The topological polar surface area (TPSA) is 60.4 Å². The summed E-state index contributed by atoms with van der Waals surface area (Å²) in [5.74, 6) is 0.0866. The van der Waals surface area contributed by atoms with Gasteiger partial charge in [0.1, 0.15) is 5.78 Å². The molecule has 64 heavy (non-hydrogen) atoms. The van der Waals surface area contributed by atoms with Gasteiger partial charge in [-0.1, -0.05) is 175 Å². The Morgan fingerprint density at radius 1 is 0.547 bits per heavy atom. The minimum atomic E-state index is -4.32. The molecule has 0 amide bonds. The third-order valence-electron chi connectivity index (χ3n) is 15.4. The third kappa shape index (κ3) is 12.4. The van der Waals surface area contributed by atoms with Gasteiger partial charge in [-0.05, 0) is 157 Å². The highest BCUT2D eigenvalue weighted by atomic mass is 32.3. The molecular formula is C58H90O4S2. The van der Waals surface area contributed by atoms with Crippen molar-refractivity contribution in [2.24, 2.45) is 16.7 Å². The molecule has 0 radical (unpaired) electrons. The zero-order valence-corrected chi connectivity index (χ0v) is 43.7. The van der Waals surface area contributed by atoms with Gasteiger partial charge in [-0.15, -0.1) is 0 Å². The Kier molecular flexibility index (Phi) is 20.6. The number of unbranched alkanes of at least 4 members (excludes halogenated alkanes) is 12. The first kappa shape index (κ1) is 52.6. The number of ketones is 1. The molecule has 0 saturated heterocycles. The summed E-state index contributed by atoms with van der Waals surface area (Å²) < 4.78 is 39.6. The van der Waals surface area contributed by atoms with Gasteiger partial charge in [0.05, 0.1) is 11.2 Å². The van der Waals surface area contributed by atoms with Crippen molar-refractivity contribution in [2.75, 3.05) is 5.75 Å². The summed E-state index contributed by atoms with van der Waals surface area (Å²) >= 11 is 0. The Morgan fingerprint density at radius 2 is 0.922 bits per heavy atom. The van der Waals surface area contributed by atoms with E-state index >= 15 is 8.42 Å². The van der Waals surface area contributed by atoms with Crippen LogP contribution in [-0.4, -0.2) is 20.0 Å². The van der Waals surface area contributed by atoms with Crippen LogP contribution < -0.4 is 0 Å². The Bertz CT molecular complexity index is 1870. The molecular weight excluding hydrogens is 825 g/mol. The summed E-state index contributed by atoms with van der Waals surface area (Å²) in [5.41, 5.74) is 6.55. The zero-order valence-electron chi connectivity index (χ0n) is 42.0. The van der Waals surface area contributed by atoms with Crippen LogP contribution in [0, 0.1) is 16.7 Å². The van der Waals surface area contributed by atoms with Crippen molar-refractivity contribution in [1.82, 2.24) is 0 Å². The number of carbonyl (C=O) groups is 1. The van der Waals surface area contributed by atoms with Gasteiger partial charge in [0.25, 0.3) is 10.1 Å². The van der Waals surface area contributed by atoms with Crippen LogP contribution in [0.3, 0.4) is 0 Å². The Balaban J connectivity index is 1.98. The summed E-state index contributed by atoms with van der Waals surface area (Å²) in [6.45, 7) is 18.0. The third-order valence-corrected chi connectivity index (χ3v) is 21.0. The first-order valence-electron chi connectivity index (χ1n) is 26.5. The van der Waals surface area contributed by atoms with E-state index in [4.69, 9.17) is 3.63 Å². The molecule has 0 heterocycles. The van der Waals surface area contributed by atoms with Gasteiger partial charge in [-0.3, -0.25) is 4.79 Å². The number of carbonyl (C=O) groups excluding carboxylic acids is 1. The van der Waals surface area contributed by atoms with E-state index in [2.05, 4.69) is 110 Å². The molecule has 0 spiro atoms. The first-order chi connectivity index (χ1) is 30.9. The Hall–Kier alpha value is -2.41. The molecule has 4 nitrogen and oxygen atoms in total. The highest BCUT2D eigenvalue weighted by molar-refractivity contribution is 8.33. The number of hydrogen-bond donors (Lipinski definition) is 0. The van der Waals surface area contributed by atoms with Crippen molar-refractivity contribution in [2.45, 2.75) is 243 Å². The lowest BCUT2D eigenvalue weighted by Crippen LogP contribution is -2.42. The van der Waals surface area contributed by atoms with Gasteiger partial charge in [-0.2, -0.15) is 8.42 Å². The smallest absolute Gasteiger partial charge is 0.278 e. The molecule has 0 aromatic heterocycles. The SMILES string of the molecule is CCCCCc1cc(CCCCC)c(S(OS(=O)(=O)CC23CCC(CC2=O)C3(C)C)(c2ccccc2)c2c(CCCCC)cc(CCCCC)cc2CCCCC)c(CCCCC)c1. The second-order valence-corrected chi connectivity index (χ2v) is 24.9. The van der Waals surface area contributed by atoms with Crippen molar-refractivity contribution in [3.05, 3.63) is 88.0 Å². The first-order valence-corrected chi connectivity index (χ1v) is 29.7. The largest absolute Gasteiger partial charge is 0.299 e. The van der Waals surface area contributed by atoms with Crippen LogP contribution in [0.4, 0.5) is 0 Å². The standard InChI is InChI=1S/C58H90O4S2/c1-9-15-22-30-46-40-48(32-24-17-11-3)55(49(41-46)33-25-18-12-4)64(53-36-28-21-29-37-53,62-63(60,61)45-58-39-38-52(44-54(58)59)57(58,7)8)56-50(34-26-19-13-5)42-47(31-23-16-10-2)43-51(56)35-27-20-14-6/h21,28-29,36-37,40-43,52H,9-20,22-27,30-35,38-39,44-45H2,1-8H3. The molecule has 0 N–H and O–H groups in total. The van der Waals surface area contributed by atoms with Crippen molar-refractivity contribution in [1.29, 1.82) is 0 Å². The number of Topliss-reactive ketones (excluding diaryl/α,β-unsaturated/α-hetero) is 1. The lowest BCUT2D eigenvalue weighted by molar-refractivity contribution is -0.128. The normalized spacial score (nSPS) is 18.6. The van der Waals surface area contributed by atoms with Crippen molar-refractivity contribution >= 4 is 26.2 Å². The maximum absolute atomic E-state index is 16.0. The summed E-state index contributed by atoms with van der Waals surface area (Å²) in [6, 6.07) is 20.6. The van der Waals surface area contributed by atoms with Crippen LogP contribution in [-0.2, 0) is 57.1 Å². The fourth-order valence-electron chi connectivity index (χ4n) is 11.5. The molecule has 2 atom stereocenters. The van der Waals surface area contributed by atoms with E-state index in [1.807, 2.05) is 0 Å². The van der Waals surface area contributed by atoms with Crippen molar-refractivity contribution < 1.29 is 16.8 Å². The minimum absolute atomic E-state index is 0.120. The fourth-order valence-corrected chi connectivity index (χ4v) is 18.4. The summed E-state index contributed by atoms with van der Waals surface area (Å²) in [7, 11) is -7.28. The Morgan fingerprint density at radius 3 is 1.25 bits per heavy atom. The highest BCUT2D eigenvalue weighted by Gasteiger charge is 2.66. The summed E-state index contributed by atoms with van der Waals surface area (Å²) in [6.07, 6.45) is 27.8. The van der Waals surface area contributed by atoms with Gasteiger partial charge in [0.15, 0.2) is 0 Å². The molecule has 2 aliphatic carbocycles. The number of fused-ring (bicyclic) bond motifs is 2. The molecule has 358 valence electrons. The second kappa shape index (κ2) is 25.1. The van der Waals surface area contributed by atoms with Crippen molar-refractivity contribution in [3.63, 3.8) is 0 Å². The lowest BCUT2D eigenvalue weighted by Gasteiger charge is -2.45. The van der Waals surface area contributed by atoms with E-state index in [1.165, 1.54) is 59.1 Å². The van der Waals surface area contributed by atoms with E-state index < -0.39 is 31.3 Å². The maximum atomic E-state index is 16.0. The predicted octanol–water partition coefficient (Wildman–Crippen LogP) is 17.0. The van der Waals surface area contributed by atoms with Crippen LogP contribution in [0.1, 0.15) is 224 Å². The molecule has 6 heteroatoms. The van der Waals surface area contributed by atoms with Gasteiger partial charge in [0, 0.05) is 21.1 Å². The van der Waals surface area contributed by atoms with Crippen LogP contribution in [0.5, 0.6) is 0 Å². The molecule has 5 rings (SSSR count). The number of benzene rings is 3. The minimum Gasteiger partial charge on any atom is -0.299 e. The van der Waals surface area contributed by atoms with E-state index in [0.717, 1.165) is 150 Å². The molecule has 3 aromatic carbocycles. The monoisotopic (exact) mass is 915 g/mol. The van der Waals surface area contributed by atoms with Crippen LogP contribution in [0.25, 0.3) is 0 Å². The quantitative estimate of drug-likeness (QED) is 0.0603. The molecule has 2 unspecified atom stereocenters. The lowest BCUT2D eigenvalue weighted by atomic mass is 9.70. The average Bonchev–Trinajstić information content (AvgIpc) is 3.61. The van der Waals surface area contributed by atoms with E-state index in [9.17, 15) is 4.79 Å². The molecule has 3 aromatic rings. The van der Waals surface area contributed by atoms with Gasteiger partial charge in [0.2, 0.25) is 0 Å². The number of rotatable bonds is 31. The molecule has 2 fully saturated rings. The second-order valence-electron chi connectivity index (χ2n) is 20.5. The fraction of sp³-hybridized carbons (Fsp3) is 0.672. The van der Waals surface area contributed by atoms with Crippen LogP contribution >= 0.6 is 10.3 Å². The van der Waals surface area contributed by atoms with Crippen LogP contribution in [0.2, 0.25) is 0 Å².